The van der Waals surface area contributed by atoms with Gasteiger partial charge in [-0.05, 0) is 40.9 Å². The fraction of sp³-hybridized carbons (Fsp3) is 0.400. The summed E-state index contributed by atoms with van der Waals surface area (Å²) in [4.78, 5) is 15.7. The van der Waals surface area contributed by atoms with E-state index in [4.69, 9.17) is 0 Å². The molecule has 0 unspecified atom stereocenters. The molecule has 3 nitrogen and oxygen atoms in total. The summed E-state index contributed by atoms with van der Waals surface area (Å²) in [6.45, 7) is 1.97. The van der Waals surface area contributed by atoms with Gasteiger partial charge in [-0.15, -0.1) is 0 Å². The highest BCUT2D eigenvalue weighted by atomic mass is 79.9. The van der Waals surface area contributed by atoms with E-state index in [0.29, 0.717) is 5.82 Å². The third kappa shape index (κ3) is 1.95. The Labute approximate surface area is 91.0 Å². The first-order chi connectivity index (χ1) is 6.60. The lowest BCUT2D eigenvalue weighted by Crippen LogP contribution is -2.21. The Hall–Kier alpha value is -0.900. The van der Waals surface area contributed by atoms with E-state index in [1.807, 2.05) is 13.0 Å². The van der Waals surface area contributed by atoms with E-state index in [9.17, 15) is 4.79 Å². The van der Waals surface area contributed by atoms with Crippen molar-refractivity contribution in [2.75, 3.05) is 5.32 Å². The SMILES string of the molecule is CC1(C(=O)Nc2ccc(Br)cn2)CC1. The minimum absolute atomic E-state index is 0.0762. The molecule has 1 N–H and O–H groups in total. The van der Waals surface area contributed by atoms with Crippen LogP contribution in [0.4, 0.5) is 5.82 Å². The molecule has 4 heteroatoms. The zero-order valence-corrected chi connectivity index (χ0v) is 9.47. The summed E-state index contributed by atoms with van der Waals surface area (Å²) in [5.41, 5.74) is -0.144. The molecule has 0 radical (unpaired) electrons. The van der Waals surface area contributed by atoms with E-state index >= 15 is 0 Å². The first kappa shape index (κ1) is 9.65. The van der Waals surface area contributed by atoms with Crippen LogP contribution in [0.15, 0.2) is 22.8 Å². The Morgan fingerprint density at radius 3 is 2.79 bits per heavy atom. The van der Waals surface area contributed by atoms with Gasteiger partial charge in [0.05, 0.1) is 0 Å². The number of pyridine rings is 1. The highest BCUT2D eigenvalue weighted by Crippen LogP contribution is 2.45. The first-order valence-electron chi connectivity index (χ1n) is 4.53. The first-order valence-corrected chi connectivity index (χ1v) is 5.32. The fourth-order valence-corrected chi connectivity index (χ4v) is 1.37. The lowest BCUT2D eigenvalue weighted by atomic mass is 10.1. The predicted molar refractivity (Wildman–Crippen MR) is 57.9 cm³/mol. The van der Waals surface area contributed by atoms with E-state index < -0.39 is 0 Å². The molecule has 0 atom stereocenters. The van der Waals surface area contributed by atoms with E-state index in [-0.39, 0.29) is 11.3 Å². The van der Waals surface area contributed by atoms with Gasteiger partial charge in [-0.1, -0.05) is 6.92 Å². The quantitative estimate of drug-likeness (QED) is 0.882. The number of carbonyl (C=O) groups is 1. The van der Waals surface area contributed by atoms with Crippen molar-refractivity contribution >= 4 is 27.7 Å². The molecule has 0 aromatic carbocycles. The number of anilines is 1. The lowest BCUT2D eigenvalue weighted by molar-refractivity contribution is -0.120. The fourth-order valence-electron chi connectivity index (χ4n) is 1.13. The van der Waals surface area contributed by atoms with Gasteiger partial charge in [-0.2, -0.15) is 0 Å². The van der Waals surface area contributed by atoms with E-state index in [0.717, 1.165) is 17.3 Å². The van der Waals surface area contributed by atoms with Gasteiger partial charge in [0.25, 0.3) is 0 Å². The molecule has 0 aliphatic heterocycles. The van der Waals surface area contributed by atoms with Crippen LogP contribution in [0.5, 0.6) is 0 Å². The maximum absolute atomic E-state index is 11.6. The zero-order valence-electron chi connectivity index (χ0n) is 7.88. The third-order valence-electron chi connectivity index (χ3n) is 2.52. The zero-order chi connectivity index (χ0) is 10.2. The Kier molecular flexibility index (Phi) is 2.31. The minimum Gasteiger partial charge on any atom is -0.310 e. The predicted octanol–water partition coefficient (Wildman–Crippen LogP) is 2.58. The van der Waals surface area contributed by atoms with Crippen molar-refractivity contribution < 1.29 is 4.79 Å². The second-order valence-corrected chi connectivity index (χ2v) is 4.79. The van der Waals surface area contributed by atoms with Gasteiger partial charge in [0.1, 0.15) is 5.82 Å². The molecule has 74 valence electrons. The summed E-state index contributed by atoms with van der Waals surface area (Å²) >= 11 is 3.29. The molecule has 1 amide bonds. The van der Waals surface area contributed by atoms with Gasteiger partial charge < -0.3 is 5.32 Å². The average molecular weight is 255 g/mol. The van der Waals surface area contributed by atoms with Gasteiger partial charge in [0.15, 0.2) is 0 Å². The van der Waals surface area contributed by atoms with Crippen LogP contribution in [0, 0.1) is 5.41 Å². The van der Waals surface area contributed by atoms with Crippen LogP contribution < -0.4 is 5.32 Å². The normalized spacial score (nSPS) is 17.6. The van der Waals surface area contributed by atoms with Crippen LogP contribution in [0.25, 0.3) is 0 Å². The van der Waals surface area contributed by atoms with E-state index in [1.54, 1.807) is 12.3 Å². The largest absolute Gasteiger partial charge is 0.310 e. The smallest absolute Gasteiger partial charge is 0.231 e. The number of aromatic nitrogens is 1. The summed E-state index contributed by atoms with van der Waals surface area (Å²) in [5.74, 6) is 0.693. The van der Waals surface area contributed by atoms with Crippen molar-refractivity contribution in [1.82, 2.24) is 4.98 Å². The third-order valence-corrected chi connectivity index (χ3v) is 2.99. The number of hydrogen-bond donors (Lipinski definition) is 1. The van der Waals surface area contributed by atoms with Crippen LogP contribution in [-0.2, 0) is 4.79 Å². The van der Waals surface area contributed by atoms with E-state index in [2.05, 4.69) is 26.2 Å². The van der Waals surface area contributed by atoms with Gasteiger partial charge in [-0.3, -0.25) is 4.79 Å². The standard InChI is InChI=1S/C10H11BrN2O/c1-10(4-5-10)9(14)13-8-3-2-7(11)6-12-8/h2-3,6H,4-5H2,1H3,(H,12,13,14). The Morgan fingerprint density at radius 2 is 2.29 bits per heavy atom. The molecular formula is C10H11BrN2O. The van der Waals surface area contributed by atoms with Crippen LogP contribution in [0.2, 0.25) is 0 Å². The Balaban J connectivity index is 2.04. The van der Waals surface area contributed by atoms with Gasteiger partial charge >= 0.3 is 0 Å². The number of amides is 1. The maximum atomic E-state index is 11.6. The Morgan fingerprint density at radius 1 is 1.57 bits per heavy atom. The molecule has 1 aromatic heterocycles. The van der Waals surface area contributed by atoms with Crippen molar-refractivity contribution in [3.8, 4) is 0 Å². The molecule has 0 bridgehead atoms. The number of rotatable bonds is 2. The second kappa shape index (κ2) is 3.35. The molecule has 1 aliphatic carbocycles. The van der Waals surface area contributed by atoms with Gasteiger partial charge in [0, 0.05) is 16.1 Å². The highest BCUT2D eigenvalue weighted by molar-refractivity contribution is 9.10. The molecule has 1 aliphatic rings. The molecule has 0 saturated heterocycles. The lowest BCUT2D eigenvalue weighted by Gasteiger charge is -2.08. The minimum atomic E-state index is -0.144. The van der Waals surface area contributed by atoms with Crippen molar-refractivity contribution in [2.45, 2.75) is 19.8 Å². The summed E-state index contributed by atoms with van der Waals surface area (Å²) in [6.07, 6.45) is 3.63. The van der Waals surface area contributed by atoms with E-state index in [1.165, 1.54) is 0 Å². The van der Waals surface area contributed by atoms with Gasteiger partial charge in [0.2, 0.25) is 5.91 Å². The molecule has 0 spiro atoms. The van der Waals surface area contributed by atoms with Crippen molar-refractivity contribution in [2.24, 2.45) is 5.41 Å². The number of hydrogen-bond acceptors (Lipinski definition) is 2. The van der Waals surface area contributed by atoms with Crippen molar-refractivity contribution in [3.05, 3.63) is 22.8 Å². The van der Waals surface area contributed by atoms with Crippen LogP contribution in [0.1, 0.15) is 19.8 Å². The average Bonchev–Trinajstić information content (AvgIpc) is 2.89. The number of nitrogens with zero attached hydrogens (tertiary/aromatic N) is 1. The van der Waals surface area contributed by atoms with Crippen LogP contribution >= 0.6 is 15.9 Å². The molecule has 1 saturated carbocycles. The highest BCUT2D eigenvalue weighted by Gasteiger charge is 2.44. The molecular weight excluding hydrogens is 244 g/mol. The van der Waals surface area contributed by atoms with Crippen molar-refractivity contribution in [3.63, 3.8) is 0 Å². The van der Waals surface area contributed by atoms with Crippen LogP contribution in [0.3, 0.4) is 0 Å². The number of halogens is 1. The van der Waals surface area contributed by atoms with Crippen LogP contribution in [-0.4, -0.2) is 10.9 Å². The Bertz CT molecular complexity index is 357. The summed E-state index contributed by atoms with van der Waals surface area (Å²) in [5, 5.41) is 2.80. The molecule has 1 aromatic rings. The van der Waals surface area contributed by atoms with Gasteiger partial charge in [-0.25, -0.2) is 4.98 Å². The molecule has 1 heterocycles. The molecule has 2 rings (SSSR count). The van der Waals surface area contributed by atoms with Crippen molar-refractivity contribution in [1.29, 1.82) is 0 Å². The summed E-state index contributed by atoms with van der Waals surface area (Å²) < 4.78 is 0.910. The maximum Gasteiger partial charge on any atom is 0.231 e. The summed E-state index contributed by atoms with van der Waals surface area (Å²) in [6, 6.07) is 3.64. The summed E-state index contributed by atoms with van der Waals surface area (Å²) in [7, 11) is 0. The number of carbonyl (C=O) groups excluding carboxylic acids is 1. The number of nitrogens with one attached hydrogen (secondary N) is 1. The topological polar surface area (TPSA) is 42.0 Å². The second-order valence-electron chi connectivity index (χ2n) is 3.88. The molecule has 14 heavy (non-hydrogen) atoms. The molecule has 1 fully saturated rings. The monoisotopic (exact) mass is 254 g/mol.